The van der Waals surface area contributed by atoms with Crippen molar-refractivity contribution >= 4 is 27.5 Å². The summed E-state index contributed by atoms with van der Waals surface area (Å²) in [6, 6.07) is 6.34. The van der Waals surface area contributed by atoms with Gasteiger partial charge in [-0.2, -0.15) is 0 Å². The first-order chi connectivity index (χ1) is 8.22. The summed E-state index contributed by atoms with van der Waals surface area (Å²) in [7, 11) is 0. The zero-order chi connectivity index (χ0) is 12.3. The smallest absolute Gasteiger partial charge is 0.0513 e. The average molecular weight is 319 g/mol. The molecule has 1 aliphatic heterocycles. The van der Waals surface area contributed by atoms with Crippen LogP contribution in [0.15, 0.2) is 22.7 Å². The summed E-state index contributed by atoms with van der Waals surface area (Å²) in [5.41, 5.74) is 1.27. The Morgan fingerprint density at radius 3 is 3.00 bits per heavy atom. The molecule has 1 N–H and O–H groups in total. The van der Waals surface area contributed by atoms with Crippen molar-refractivity contribution in [2.75, 3.05) is 19.8 Å². The van der Waals surface area contributed by atoms with E-state index < -0.39 is 0 Å². The monoisotopic (exact) mass is 317 g/mol. The summed E-state index contributed by atoms with van der Waals surface area (Å²) in [6.07, 6.45) is 1.12. The third-order valence-corrected chi connectivity index (χ3v) is 4.08. The van der Waals surface area contributed by atoms with Gasteiger partial charge in [-0.15, -0.1) is 0 Å². The Labute approximate surface area is 116 Å². The van der Waals surface area contributed by atoms with Gasteiger partial charge in [-0.1, -0.05) is 40.5 Å². The molecule has 1 aromatic rings. The van der Waals surface area contributed by atoms with E-state index in [0.717, 1.165) is 35.7 Å². The molecule has 2 unspecified atom stereocenters. The van der Waals surface area contributed by atoms with E-state index in [2.05, 4.69) is 34.2 Å². The maximum Gasteiger partial charge on any atom is 0.0513 e. The van der Waals surface area contributed by atoms with Gasteiger partial charge in [0, 0.05) is 28.1 Å². The fourth-order valence-corrected chi connectivity index (χ4v) is 3.25. The number of benzene rings is 1. The molecule has 0 saturated carbocycles. The Morgan fingerprint density at radius 1 is 1.59 bits per heavy atom. The van der Waals surface area contributed by atoms with Crippen molar-refractivity contribution in [1.29, 1.82) is 0 Å². The van der Waals surface area contributed by atoms with Crippen LogP contribution in [0.5, 0.6) is 0 Å². The van der Waals surface area contributed by atoms with Gasteiger partial charge >= 0.3 is 0 Å². The van der Waals surface area contributed by atoms with Crippen molar-refractivity contribution in [2.45, 2.75) is 19.4 Å². The van der Waals surface area contributed by atoms with Crippen LogP contribution < -0.4 is 5.32 Å². The molecule has 0 radical (unpaired) electrons. The Bertz CT molecular complexity index is 380. The van der Waals surface area contributed by atoms with E-state index in [0.29, 0.717) is 12.0 Å². The molecule has 1 aromatic carbocycles. The molecule has 1 heterocycles. The molecule has 2 nitrogen and oxygen atoms in total. The van der Waals surface area contributed by atoms with Crippen LogP contribution in [0.4, 0.5) is 0 Å². The lowest BCUT2D eigenvalue weighted by Crippen LogP contribution is -2.28. The summed E-state index contributed by atoms with van der Waals surface area (Å²) in [6.45, 7) is 4.80. The first-order valence-electron chi connectivity index (χ1n) is 5.98. The molecule has 1 fully saturated rings. The molecule has 4 heteroatoms. The lowest BCUT2D eigenvalue weighted by molar-refractivity contribution is 0.177. The van der Waals surface area contributed by atoms with Crippen LogP contribution in [0.2, 0.25) is 5.02 Å². The largest absolute Gasteiger partial charge is 0.381 e. The van der Waals surface area contributed by atoms with Gasteiger partial charge in [0.1, 0.15) is 0 Å². The van der Waals surface area contributed by atoms with Gasteiger partial charge in [0.25, 0.3) is 0 Å². The second-order valence-corrected chi connectivity index (χ2v) is 5.62. The molecule has 94 valence electrons. The van der Waals surface area contributed by atoms with Crippen molar-refractivity contribution in [3.05, 3.63) is 33.3 Å². The van der Waals surface area contributed by atoms with Crippen molar-refractivity contribution in [3.8, 4) is 0 Å². The molecule has 0 aliphatic carbocycles. The van der Waals surface area contributed by atoms with Gasteiger partial charge in [0.2, 0.25) is 0 Å². The Hall–Kier alpha value is -0.0900. The zero-order valence-electron chi connectivity index (χ0n) is 9.88. The summed E-state index contributed by atoms with van der Waals surface area (Å²) in [5.74, 6) is 0.549. The van der Waals surface area contributed by atoms with Crippen LogP contribution >= 0.6 is 27.5 Å². The first-order valence-corrected chi connectivity index (χ1v) is 7.15. The minimum atomic E-state index is 0.342. The average Bonchev–Trinajstić information content (AvgIpc) is 2.80. The molecule has 0 amide bonds. The molecule has 0 aromatic heterocycles. The standard InChI is InChI=1S/C13H17BrClNO/c1-2-16-13(9-5-6-17-8-9)11-4-3-10(15)7-12(11)14/h3-4,7,9,13,16H,2,5-6,8H2,1H3. The number of nitrogens with one attached hydrogen (secondary N) is 1. The molecule has 1 saturated heterocycles. The molecule has 0 spiro atoms. The van der Waals surface area contributed by atoms with E-state index in [-0.39, 0.29) is 0 Å². The van der Waals surface area contributed by atoms with Crippen molar-refractivity contribution in [2.24, 2.45) is 5.92 Å². The third kappa shape index (κ3) is 3.22. The van der Waals surface area contributed by atoms with Crippen LogP contribution in [-0.4, -0.2) is 19.8 Å². The summed E-state index contributed by atoms with van der Waals surface area (Å²) < 4.78 is 6.56. The van der Waals surface area contributed by atoms with E-state index in [1.54, 1.807) is 0 Å². The second-order valence-electron chi connectivity index (χ2n) is 4.32. The molecule has 1 aliphatic rings. The Kier molecular flexibility index (Phi) is 4.86. The maximum atomic E-state index is 5.98. The van der Waals surface area contributed by atoms with Crippen LogP contribution in [0.3, 0.4) is 0 Å². The highest BCUT2D eigenvalue weighted by molar-refractivity contribution is 9.10. The van der Waals surface area contributed by atoms with Gasteiger partial charge in [-0.25, -0.2) is 0 Å². The second kappa shape index (κ2) is 6.19. The number of ether oxygens (including phenoxy) is 1. The summed E-state index contributed by atoms with van der Waals surface area (Å²) in [5, 5.41) is 4.31. The van der Waals surface area contributed by atoms with Crippen molar-refractivity contribution in [1.82, 2.24) is 5.32 Å². The van der Waals surface area contributed by atoms with Gasteiger partial charge < -0.3 is 10.1 Å². The van der Waals surface area contributed by atoms with E-state index in [9.17, 15) is 0 Å². The third-order valence-electron chi connectivity index (χ3n) is 3.16. The molecule has 0 bridgehead atoms. The van der Waals surface area contributed by atoms with Crippen LogP contribution in [0.25, 0.3) is 0 Å². The fraction of sp³-hybridized carbons (Fsp3) is 0.538. The zero-order valence-corrected chi connectivity index (χ0v) is 12.2. The Balaban J connectivity index is 2.24. The highest BCUT2D eigenvalue weighted by Crippen LogP contribution is 2.34. The van der Waals surface area contributed by atoms with Gasteiger partial charge in [0.05, 0.1) is 6.61 Å². The summed E-state index contributed by atoms with van der Waals surface area (Å²) in [4.78, 5) is 0. The molecule has 2 rings (SSSR count). The van der Waals surface area contributed by atoms with Crippen molar-refractivity contribution in [3.63, 3.8) is 0 Å². The molecule has 2 atom stereocenters. The quantitative estimate of drug-likeness (QED) is 0.912. The van der Waals surface area contributed by atoms with Gasteiger partial charge in [-0.3, -0.25) is 0 Å². The minimum Gasteiger partial charge on any atom is -0.381 e. The van der Waals surface area contributed by atoms with E-state index in [1.807, 2.05) is 12.1 Å². The van der Waals surface area contributed by atoms with Gasteiger partial charge in [-0.05, 0) is 30.7 Å². The fourth-order valence-electron chi connectivity index (χ4n) is 2.32. The topological polar surface area (TPSA) is 21.3 Å². The maximum absolute atomic E-state index is 5.98. The number of hydrogen-bond acceptors (Lipinski definition) is 2. The molecular weight excluding hydrogens is 302 g/mol. The van der Waals surface area contributed by atoms with E-state index in [4.69, 9.17) is 16.3 Å². The minimum absolute atomic E-state index is 0.342. The lowest BCUT2D eigenvalue weighted by Gasteiger charge is -2.25. The number of halogens is 2. The normalized spacial score (nSPS) is 21.7. The number of rotatable bonds is 4. The number of hydrogen-bond donors (Lipinski definition) is 1. The molecule has 17 heavy (non-hydrogen) atoms. The van der Waals surface area contributed by atoms with E-state index >= 15 is 0 Å². The van der Waals surface area contributed by atoms with Crippen molar-refractivity contribution < 1.29 is 4.74 Å². The SMILES string of the molecule is CCNC(c1ccc(Cl)cc1Br)C1CCOC1. The van der Waals surface area contributed by atoms with Crippen LogP contribution in [0.1, 0.15) is 24.9 Å². The van der Waals surface area contributed by atoms with Gasteiger partial charge in [0.15, 0.2) is 0 Å². The van der Waals surface area contributed by atoms with E-state index in [1.165, 1.54) is 5.56 Å². The van der Waals surface area contributed by atoms with Crippen LogP contribution in [0, 0.1) is 5.92 Å². The summed E-state index contributed by atoms with van der Waals surface area (Å²) >= 11 is 9.58. The molecular formula is C13H17BrClNO. The highest BCUT2D eigenvalue weighted by atomic mass is 79.9. The Morgan fingerprint density at radius 2 is 2.41 bits per heavy atom. The predicted molar refractivity (Wildman–Crippen MR) is 74.5 cm³/mol. The first kappa shape index (κ1) is 13.3. The highest BCUT2D eigenvalue weighted by Gasteiger charge is 2.27. The predicted octanol–water partition coefficient (Wildman–Crippen LogP) is 3.79. The van der Waals surface area contributed by atoms with Crippen LogP contribution in [-0.2, 0) is 4.74 Å². The lowest BCUT2D eigenvalue weighted by atomic mass is 9.92.